The fraction of sp³-hybridized carbons (Fsp3) is 0.400. The molecule has 248 valence electrons. The fourth-order valence-corrected chi connectivity index (χ4v) is 6.57. The molecule has 0 radical (unpaired) electrons. The third-order valence-corrected chi connectivity index (χ3v) is 9.52. The van der Waals surface area contributed by atoms with Crippen molar-refractivity contribution in [3.8, 4) is 22.9 Å². The summed E-state index contributed by atoms with van der Waals surface area (Å²) in [6.07, 6.45) is 4.65. The maximum atomic E-state index is 14.3. The van der Waals surface area contributed by atoms with E-state index in [-0.39, 0.29) is 53.4 Å². The summed E-state index contributed by atoms with van der Waals surface area (Å²) in [5.74, 6) is 0.889. The lowest BCUT2D eigenvalue weighted by Crippen LogP contribution is -2.44. The molecular formula is C35H42N6O5S. The molecule has 0 spiro atoms. The topological polar surface area (TPSA) is 136 Å². The van der Waals surface area contributed by atoms with E-state index in [0.29, 0.717) is 29.3 Å². The lowest BCUT2D eigenvalue weighted by molar-refractivity contribution is 0.0545. The number of carbonyl (C=O) groups is 1. The van der Waals surface area contributed by atoms with Crippen LogP contribution < -0.4 is 14.2 Å². The first-order chi connectivity index (χ1) is 22.4. The summed E-state index contributed by atoms with van der Waals surface area (Å²) < 4.78 is 42.1. The Labute approximate surface area is 276 Å². The van der Waals surface area contributed by atoms with Gasteiger partial charge in [0.25, 0.3) is 15.9 Å². The van der Waals surface area contributed by atoms with Gasteiger partial charge in [0.05, 0.1) is 41.7 Å². The quantitative estimate of drug-likeness (QED) is 0.232. The van der Waals surface area contributed by atoms with Crippen molar-refractivity contribution in [3.05, 3.63) is 82.9 Å². The number of sulfonamides is 1. The van der Waals surface area contributed by atoms with Crippen molar-refractivity contribution >= 4 is 21.9 Å². The SMILES string of the molecule is CCC(C)Oc1cnc(CN2C(=O)c3cccc(c3)S(=O)(=O)Nc3nc(c(C)c(-c4c(C)cccc4C)n3)OC[C@H]2CC(C)C)nc1. The molecule has 0 saturated heterocycles. The second kappa shape index (κ2) is 14.0. The molecule has 12 heteroatoms. The maximum absolute atomic E-state index is 14.3. The van der Waals surface area contributed by atoms with Crippen molar-refractivity contribution in [2.75, 3.05) is 11.3 Å². The molecule has 1 N–H and O–H groups in total. The molecular weight excluding hydrogens is 616 g/mol. The molecule has 1 aliphatic rings. The molecule has 2 aromatic heterocycles. The zero-order valence-corrected chi connectivity index (χ0v) is 28.8. The molecule has 11 nitrogen and oxygen atoms in total. The number of ether oxygens (including phenoxy) is 2. The number of benzene rings is 2. The second-order valence-electron chi connectivity index (χ2n) is 12.4. The number of aromatic nitrogens is 4. The van der Waals surface area contributed by atoms with Crippen molar-refractivity contribution in [2.24, 2.45) is 5.92 Å². The van der Waals surface area contributed by atoms with Gasteiger partial charge in [-0.25, -0.2) is 28.1 Å². The third-order valence-electron chi connectivity index (χ3n) is 8.20. The molecule has 47 heavy (non-hydrogen) atoms. The van der Waals surface area contributed by atoms with Crippen LogP contribution in [0, 0.1) is 26.7 Å². The summed E-state index contributed by atoms with van der Waals surface area (Å²) in [7, 11) is -4.18. The highest BCUT2D eigenvalue weighted by Gasteiger charge is 2.30. The van der Waals surface area contributed by atoms with E-state index in [1.54, 1.807) is 29.4 Å². The third kappa shape index (κ3) is 7.70. The molecule has 1 unspecified atom stereocenters. The minimum atomic E-state index is -4.18. The van der Waals surface area contributed by atoms with Crippen molar-refractivity contribution < 1.29 is 22.7 Å². The van der Waals surface area contributed by atoms with E-state index >= 15 is 0 Å². The Hall–Kier alpha value is -4.58. The van der Waals surface area contributed by atoms with Crippen molar-refractivity contribution in [1.82, 2.24) is 24.8 Å². The Balaban J connectivity index is 1.63. The number of hydrogen-bond donors (Lipinski definition) is 1. The molecule has 5 rings (SSSR count). The van der Waals surface area contributed by atoms with Crippen LogP contribution in [0.1, 0.15) is 73.4 Å². The number of aryl methyl sites for hydroxylation is 2. The first-order valence-corrected chi connectivity index (χ1v) is 17.3. The van der Waals surface area contributed by atoms with Crippen LogP contribution in [0.4, 0.5) is 5.95 Å². The van der Waals surface area contributed by atoms with Gasteiger partial charge in [-0.1, -0.05) is 45.0 Å². The van der Waals surface area contributed by atoms with Gasteiger partial charge < -0.3 is 14.4 Å². The summed E-state index contributed by atoms with van der Waals surface area (Å²) >= 11 is 0. The number of anilines is 1. The van der Waals surface area contributed by atoms with E-state index < -0.39 is 16.1 Å². The number of rotatable bonds is 8. The van der Waals surface area contributed by atoms with Gasteiger partial charge >= 0.3 is 0 Å². The van der Waals surface area contributed by atoms with Crippen molar-refractivity contribution in [2.45, 2.75) is 84.9 Å². The van der Waals surface area contributed by atoms with Gasteiger partial charge in [0.1, 0.15) is 12.4 Å². The first kappa shape index (κ1) is 33.8. The number of hydrogen-bond acceptors (Lipinski definition) is 9. The van der Waals surface area contributed by atoms with E-state index in [0.717, 1.165) is 23.1 Å². The van der Waals surface area contributed by atoms with Gasteiger partial charge in [0.2, 0.25) is 11.8 Å². The van der Waals surface area contributed by atoms with E-state index in [9.17, 15) is 13.2 Å². The summed E-state index contributed by atoms with van der Waals surface area (Å²) in [6, 6.07) is 11.5. The number of nitrogens with one attached hydrogen (secondary N) is 1. The molecule has 4 bridgehead atoms. The van der Waals surface area contributed by atoms with E-state index in [4.69, 9.17) is 9.47 Å². The fourth-order valence-electron chi connectivity index (χ4n) is 5.58. The maximum Gasteiger partial charge on any atom is 0.264 e. The van der Waals surface area contributed by atoms with Gasteiger partial charge in [0, 0.05) is 16.7 Å². The van der Waals surface area contributed by atoms with Crippen LogP contribution in [0.3, 0.4) is 0 Å². The van der Waals surface area contributed by atoms with Gasteiger partial charge in [0.15, 0.2) is 5.75 Å². The molecule has 0 fully saturated rings. The monoisotopic (exact) mass is 658 g/mol. The van der Waals surface area contributed by atoms with E-state index in [1.165, 1.54) is 12.1 Å². The minimum Gasteiger partial charge on any atom is -0.487 e. The molecule has 4 aromatic rings. The van der Waals surface area contributed by atoms with Crippen LogP contribution in [-0.4, -0.2) is 57.9 Å². The number of carbonyl (C=O) groups excluding carboxylic acids is 1. The molecule has 0 aliphatic carbocycles. The molecule has 1 aliphatic heterocycles. The van der Waals surface area contributed by atoms with E-state index in [2.05, 4.69) is 38.5 Å². The summed E-state index contributed by atoms with van der Waals surface area (Å²) in [6.45, 7) is 14.1. The first-order valence-electron chi connectivity index (χ1n) is 15.9. The van der Waals surface area contributed by atoms with Crippen LogP contribution in [0.25, 0.3) is 11.3 Å². The standard InChI is InChI=1S/C35H42N6O5S/c1-8-24(6)46-28-17-36-30(37-18-28)19-41-27(15-21(2)3)20-45-33-25(7)32(31-22(4)11-9-12-23(31)5)38-35(39-33)40-47(43,44)29-14-10-13-26(16-29)34(41)42/h9-14,16-18,21,24,27H,8,15,19-20H2,1-7H3,(H,38,39,40)/t24?,27-/m1/s1. The number of amides is 1. The largest absolute Gasteiger partial charge is 0.487 e. The average molecular weight is 659 g/mol. The van der Waals surface area contributed by atoms with Gasteiger partial charge in [-0.2, -0.15) is 4.98 Å². The highest BCUT2D eigenvalue weighted by Crippen LogP contribution is 2.34. The zero-order valence-electron chi connectivity index (χ0n) is 27.9. The summed E-state index contributed by atoms with van der Waals surface area (Å²) in [5.41, 5.74) is 4.25. The van der Waals surface area contributed by atoms with Crippen molar-refractivity contribution in [3.63, 3.8) is 0 Å². The van der Waals surface area contributed by atoms with Crippen LogP contribution in [0.2, 0.25) is 0 Å². The lowest BCUT2D eigenvalue weighted by Gasteiger charge is -2.32. The van der Waals surface area contributed by atoms with Crippen LogP contribution in [-0.2, 0) is 16.6 Å². The average Bonchev–Trinajstić information content (AvgIpc) is 3.03. The second-order valence-corrected chi connectivity index (χ2v) is 14.1. The smallest absolute Gasteiger partial charge is 0.264 e. The Kier molecular flexibility index (Phi) is 10.1. The molecule has 0 saturated carbocycles. The van der Waals surface area contributed by atoms with Crippen molar-refractivity contribution in [1.29, 1.82) is 0 Å². The molecule has 3 heterocycles. The lowest BCUT2D eigenvalue weighted by atomic mass is 9.97. The van der Waals surface area contributed by atoms with E-state index in [1.807, 2.05) is 52.8 Å². The Morgan fingerprint density at radius 3 is 2.36 bits per heavy atom. The Morgan fingerprint density at radius 1 is 1.02 bits per heavy atom. The summed E-state index contributed by atoms with van der Waals surface area (Å²) in [5, 5.41) is 0. The Bertz CT molecular complexity index is 1840. The zero-order chi connectivity index (χ0) is 33.9. The predicted octanol–water partition coefficient (Wildman–Crippen LogP) is 6.29. The van der Waals surface area contributed by atoms with Crippen LogP contribution >= 0.6 is 0 Å². The Morgan fingerprint density at radius 2 is 1.70 bits per heavy atom. The number of nitrogens with zero attached hydrogens (tertiary/aromatic N) is 5. The summed E-state index contributed by atoms with van der Waals surface area (Å²) in [4.78, 5) is 34.1. The van der Waals surface area contributed by atoms with Gasteiger partial charge in [-0.15, -0.1) is 0 Å². The predicted molar refractivity (Wildman–Crippen MR) is 180 cm³/mol. The van der Waals surface area contributed by atoms with Gasteiger partial charge in [-0.05, 0) is 75.8 Å². The molecule has 1 amide bonds. The van der Waals surface area contributed by atoms with Crippen LogP contribution in [0.5, 0.6) is 11.6 Å². The van der Waals surface area contributed by atoms with Crippen LogP contribution in [0.15, 0.2) is 59.8 Å². The highest BCUT2D eigenvalue weighted by molar-refractivity contribution is 7.92. The number of fused-ring (bicyclic) bond motifs is 4. The molecule has 2 atom stereocenters. The minimum absolute atomic E-state index is 0.0109. The normalized spacial score (nSPS) is 16.7. The molecule has 2 aromatic carbocycles. The highest BCUT2D eigenvalue weighted by atomic mass is 32.2. The van der Waals surface area contributed by atoms with Gasteiger partial charge in [-0.3, -0.25) is 4.79 Å².